The van der Waals surface area contributed by atoms with Crippen molar-refractivity contribution in [3.8, 4) is 11.5 Å². The van der Waals surface area contributed by atoms with E-state index in [2.05, 4.69) is 4.52 Å². The van der Waals surface area contributed by atoms with E-state index in [0.717, 1.165) is 0 Å². The summed E-state index contributed by atoms with van der Waals surface area (Å²) in [5.74, 6) is 0.895. The molecular formula is C22H34Cl4O8P2. The van der Waals surface area contributed by atoms with Crippen LogP contribution in [-0.4, -0.2) is 36.6 Å². The SMILES string of the molecule is CC(C)(CO)CO.CC1(C)COP(=O)(Oc2ccccc2)OC1.Cl.Cl.O=P(Cl)(Cl)Oc1ccccc1. The Balaban J connectivity index is 0. The number of aliphatic hydroxyl groups is 2. The molecule has 1 saturated heterocycles. The minimum absolute atomic E-state index is 0. The molecule has 2 aromatic carbocycles. The Morgan fingerprint density at radius 2 is 1.31 bits per heavy atom. The number of hydrogen-bond acceptors (Lipinski definition) is 8. The normalized spacial score (nSPS) is 15.8. The number of phosphoric acid groups is 1. The highest BCUT2D eigenvalue weighted by molar-refractivity contribution is 8.05. The molecular weight excluding hydrogens is 596 g/mol. The van der Waals surface area contributed by atoms with E-state index in [4.69, 9.17) is 46.3 Å². The first-order valence-electron chi connectivity index (χ1n) is 10.3. The number of benzene rings is 2. The van der Waals surface area contributed by atoms with Crippen molar-refractivity contribution < 1.29 is 37.4 Å². The molecule has 208 valence electrons. The molecule has 0 unspecified atom stereocenters. The van der Waals surface area contributed by atoms with Crippen LogP contribution in [0.4, 0.5) is 0 Å². The summed E-state index contributed by atoms with van der Waals surface area (Å²) in [5.41, 5.74) is -0.423. The average Bonchev–Trinajstić information content (AvgIpc) is 2.77. The van der Waals surface area contributed by atoms with E-state index in [1.165, 1.54) is 0 Å². The second-order valence-electron chi connectivity index (χ2n) is 8.86. The number of hydrogen-bond donors (Lipinski definition) is 2. The third kappa shape index (κ3) is 17.1. The molecule has 3 rings (SSSR count). The lowest BCUT2D eigenvalue weighted by Crippen LogP contribution is -2.30. The lowest BCUT2D eigenvalue weighted by Gasteiger charge is -2.32. The summed E-state index contributed by atoms with van der Waals surface area (Å²) in [5, 5.41) is 16.9. The molecule has 0 amide bonds. The Bertz CT molecular complexity index is 924. The summed E-state index contributed by atoms with van der Waals surface area (Å²) in [4.78, 5) is 0. The molecule has 8 nitrogen and oxygen atoms in total. The lowest BCUT2D eigenvalue weighted by molar-refractivity contribution is 0.0182. The first-order chi connectivity index (χ1) is 15.7. The largest absolute Gasteiger partial charge is 0.530 e. The van der Waals surface area contributed by atoms with Crippen molar-refractivity contribution in [3.63, 3.8) is 0 Å². The summed E-state index contributed by atoms with van der Waals surface area (Å²) >= 11 is 10.3. The van der Waals surface area contributed by atoms with Gasteiger partial charge in [0.2, 0.25) is 0 Å². The molecule has 2 N–H and O–H groups in total. The highest BCUT2D eigenvalue weighted by Crippen LogP contribution is 2.57. The van der Waals surface area contributed by atoms with Gasteiger partial charge < -0.3 is 19.3 Å². The summed E-state index contributed by atoms with van der Waals surface area (Å²) in [7, 11) is -3.42. The van der Waals surface area contributed by atoms with Crippen LogP contribution >= 0.6 is 61.2 Å². The molecule has 0 radical (unpaired) electrons. The molecule has 36 heavy (non-hydrogen) atoms. The molecule has 0 atom stereocenters. The zero-order valence-electron chi connectivity index (χ0n) is 20.4. The molecule has 1 fully saturated rings. The molecule has 1 aliphatic heterocycles. The summed E-state index contributed by atoms with van der Waals surface area (Å²) in [6, 6.07) is 17.4. The highest BCUT2D eigenvalue weighted by atomic mass is 35.9. The molecule has 0 aliphatic carbocycles. The van der Waals surface area contributed by atoms with Crippen molar-refractivity contribution in [1.82, 2.24) is 0 Å². The molecule has 0 aromatic heterocycles. The Labute approximate surface area is 235 Å². The number of para-hydroxylation sites is 2. The van der Waals surface area contributed by atoms with E-state index in [-0.39, 0.29) is 48.9 Å². The maximum absolute atomic E-state index is 12.0. The topological polar surface area (TPSA) is 112 Å². The second-order valence-corrected chi connectivity index (χ2v) is 14.7. The Morgan fingerprint density at radius 3 is 1.64 bits per heavy atom. The van der Waals surface area contributed by atoms with Crippen LogP contribution in [0.2, 0.25) is 0 Å². The van der Waals surface area contributed by atoms with Crippen molar-refractivity contribution in [2.75, 3.05) is 26.4 Å². The first kappa shape index (κ1) is 37.7. The van der Waals surface area contributed by atoms with Crippen LogP contribution < -0.4 is 9.05 Å². The minimum Gasteiger partial charge on any atom is -0.422 e. The smallest absolute Gasteiger partial charge is 0.422 e. The third-order valence-corrected chi connectivity index (χ3v) is 6.16. The van der Waals surface area contributed by atoms with Crippen molar-refractivity contribution in [1.29, 1.82) is 0 Å². The van der Waals surface area contributed by atoms with Crippen molar-refractivity contribution in [2.45, 2.75) is 27.7 Å². The average molecular weight is 630 g/mol. The van der Waals surface area contributed by atoms with Crippen LogP contribution in [-0.2, 0) is 18.2 Å². The van der Waals surface area contributed by atoms with E-state index in [0.29, 0.717) is 24.7 Å². The zero-order chi connectivity index (χ0) is 25.9. The van der Waals surface area contributed by atoms with Gasteiger partial charge >= 0.3 is 13.9 Å². The fourth-order valence-corrected chi connectivity index (χ4v) is 4.32. The summed E-state index contributed by atoms with van der Waals surface area (Å²) < 4.78 is 43.0. The van der Waals surface area contributed by atoms with Gasteiger partial charge in [-0.25, -0.2) is 9.13 Å². The fraction of sp³-hybridized carbons (Fsp3) is 0.455. The van der Waals surface area contributed by atoms with Gasteiger partial charge in [-0.2, -0.15) is 0 Å². The number of halogens is 4. The van der Waals surface area contributed by atoms with Gasteiger partial charge in [0.1, 0.15) is 11.5 Å². The Morgan fingerprint density at radius 1 is 0.917 bits per heavy atom. The van der Waals surface area contributed by atoms with Gasteiger partial charge in [0.25, 0.3) is 0 Å². The molecule has 1 aliphatic rings. The molecule has 1 heterocycles. The summed E-state index contributed by atoms with van der Waals surface area (Å²) in [6.45, 7) is 8.40. The van der Waals surface area contributed by atoms with Gasteiger partial charge in [0.15, 0.2) is 0 Å². The molecule has 14 heteroatoms. The number of aliphatic hydroxyl groups excluding tert-OH is 2. The highest BCUT2D eigenvalue weighted by Gasteiger charge is 2.39. The van der Waals surface area contributed by atoms with Crippen LogP contribution in [0.15, 0.2) is 60.7 Å². The predicted octanol–water partition coefficient (Wildman–Crippen LogP) is 7.74. The standard InChI is InChI=1S/C11H15O4P.C6H5Cl2O2P.C5H12O2.2ClH/c1-11(2)8-13-16(12,14-9-11)15-10-6-4-3-5-7-10;7-11(8,9)10-6-4-2-1-3-5-6;1-5(2,3-6)4-7;;/h3-7H,8-9H2,1-2H3;1-5H;6-7H,3-4H2,1-2H3;2*1H. The lowest BCUT2D eigenvalue weighted by atomic mass is 9.97. The molecule has 0 saturated carbocycles. The van der Waals surface area contributed by atoms with E-state index < -0.39 is 13.9 Å². The number of rotatable bonds is 6. The Hall–Kier alpha value is -0.500. The number of phosphoric ester groups is 1. The molecule has 0 bridgehead atoms. The maximum atomic E-state index is 12.0. The van der Waals surface area contributed by atoms with E-state index in [9.17, 15) is 9.13 Å². The van der Waals surface area contributed by atoms with Crippen LogP contribution in [0.5, 0.6) is 11.5 Å². The second kappa shape index (κ2) is 17.2. The fourth-order valence-electron chi connectivity index (χ4n) is 1.90. The summed E-state index contributed by atoms with van der Waals surface area (Å²) in [6.07, 6.45) is -3.44. The van der Waals surface area contributed by atoms with E-state index >= 15 is 0 Å². The maximum Gasteiger partial charge on any atom is 0.530 e. The molecule has 0 spiro atoms. The van der Waals surface area contributed by atoms with Gasteiger partial charge in [-0.3, -0.25) is 9.05 Å². The van der Waals surface area contributed by atoms with Crippen LogP contribution in [0, 0.1) is 10.8 Å². The van der Waals surface area contributed by atoms with Crippen molar-refractivity contribution in [3.05, 3.63) is 60.7 Å². The first-order valence-corrected chi connectivity index (χ1v) is 15.2. The quantitative estimate of drug-likeness (QED) is 0.312. The van der Waals surface area contributed by atoms with Crippen molar-refractivity contribution >= 4 is 61.2 Å². The van der Waals surface area contributed by atoms with E-state index in [1.54, 1.807) is 68.4 Å². The Kier molecular flexibility index (Phi) is 17.9. The van der Waals surface area contributed by atoms with Gasteiger partial charge in [0, 0.05) is 33.3 Å². The van der Waals surface area contributed by atoms with Crippen LogP contribution in [0.3, 0.4) is 0 Å². The van der Waals surface area contributed by atoms with Crippen molar-refractivity contribution in [2.24, 2.45) is 10.8 Å². The van der Waals surface area contributed by atoms with Gasteiger partial charge in [-0.1, -0.05) is 64.1 Å². The van der Waals surface area contributed by atoms with E-state index in [1.807, 2.05) is 19.9 Å². The van der Waals surface area contributed by atoms with Crippen LogP contribution in [0.25, 0.3) is 0 Å². The monoisotopic (exact) mass is 628 g/mol. The van der Waals surface area contributed by atoms with Crippen LogP contribution in [0.1, 0.15) is 27.7 Å². The van der Waals surface area contributed by atoms with Gasteiger partial charge in [-0.05, 0) is 24.3 Å². The van der Waals surface area contributed by atoms with Gasteiger partial charge in [0.05, 0.1) is 26.4 Å². The third-order valence-electron chi connectivity index (χ3n) is 4.00. The minimum atomic E-state index is -3.44. The van der Waals surface area contributed by atoms with Gasteiger partial charge in [-0.15, -0.1) is 24.8 Å². The zero-order valence-corrected chi connectivity index (χ0v) is 25.3. The molecule has 2 aromatic rings. The predicted molar refractivity (Wildman–Crippen MR) is 149 cm³/mol.